The summed E-state index contributed by atoms with van der Waals surface area (Å²) in [6.07, 6.45) is -0.552. The van der Waals surface area contributed by atoms with Gasteiger partial charge in [0, 0.05) is 50.2 Å². The van der Waals surface area contributed by atoms with Crippen molar-refractivity contribution in [1.29, 1.82) is 0 Å². The molecule has 1 fully saturated rings. The van der Waals surface area contributed by atoms with Crippen LogP contribution in [0.4, 0.5) is 36.4 Å². The lowest BCUT2D eigenvalue weighted by atomic mass is 10.1. The van der Waals surface area contributed by atoms with Gasteiger partial charge in [-0.2, -0.15) is 13.2 Å². The van der Waals surface area contributed by atoms with Gasteiger partial charge >= 0.3 is 6.18 Å². The number of piperazine rings is 1. The van der Waals surface area contributed by atoms with Gasteiger partial charge in [-0.05, 0) is 36.8 Å². The maximum atomic E-state index is 13.0. The molecule has 1 amide bonds. The van der Waals surface area contributed by atoms with Gasteiger partial charge < -0.3 is 20.6 Å². The second-order valence-corrected chi connectivity index (χ2v) is 9.21. The molecule has 1 aromatic carbocycles. The molecule has 5 rings (SSSR count). The van der Waals surface area contributed by atoms with Crippen LogP contribution in [0.25, 0.3) is 11.0 Å². The van der Waals surface area contributed by atoms with Crippen molar-refractivity contribution in [2.24, 2.45) is 0 Å². The number of halogens is 3. The number of alkyl halides is 3. The van der Waals surface area contributed by atoms with E-state index < -0.39 is 17.6 Å². The third kappa shape index (κ3) is 6.07. The Morgan fingerprint density at radius 1 is 1.05 bits per heavy atom. The molecule has 40 heavy (non-hydrogen) atoms. The second kappa shape index (κ2) is 11.4. The fraction of sp³-hybridized carbons (Fsp3) is 0.308. The minimum Gasteiger partial charge on any atom is -0.395 e. The zero-order chi connectivity index (χ0) is 28.3. The normalized spacial score (nSPS) is 14.4. The van der Waals surface area contributed by atoms with Crippen molar-refractivity contribution in [3.05, 3.63) is 65.7 Å². The van der Waals surface area contributed by atoms with E-state index in [0.717, 1.165) is 37.0 Å². The number of pyridine rings is 1. The number of anilines is 4. The van der Waals surface area contributed by atoms with Gasteiger partial charge in [0.15, 0.2) is 5.82 Å². The van der Waals surface area contributed by atoms with E-state index in [2.05, 4.69) is 40.4 Å². The van der Waals surface area contributed by atoms with Crippen LogP contribution in [0.1, 0.15) is 21.5 Å². The highest BCUT2D eigenvalue weighted by molar-refractivity contribution is 6.04. The van der Waals surface area contributed by atoms with E-state index >= 15 is 0 Å². The highest BCUT2D eigenvalue weighted by Gasteiger charge is 2.31. The summed E-state index contributed by atoms with van der Waals surface area (Å²) in [6.45, 7) is 5.56. The summed E-state index contributed by atoms with van der Waals surface area (Å²) in [5.41, 5.74) is 1.68. The summed E-state index contributed by atoms with van der Waals surface area (Å²) in [7, 11) is 0. The van der Waals surface area contributed by atoms with Gasteiger partial charge in [-0.3, -0.25) is 9.69 Å². The number of carbonyl (C=O) groups excluding carboxylic acids is 1. The molecule has 1 aliphatic heterocycles. The minimum atomic E-state index is -4.55. The molecule has 1 aliphatic rings. The van der Waals surface area contributed by atoms with Gasteiger partial charge in [-0.1, -0.05) is 6.07 Å². The van der Waals surface area contributed by atoms with Gasteiger partial charge in [0.2, 0.25) is 5.95 Å². The Kier molecular flexibility index (Phi) is 7.71. The van der Waals surface area contributed by atoms with E-state index in [0.29, 0.717) is 48.1 Å². The number of amides is 1. The number of aliphatic hydroxyl groups is 1. The van der Waals surface area contributed by atoms with Crippen molar-refractivity contribution < 1.29 is 23.1 Å². The number of fused-ring (bicyclic) bond motifs is 1. The molecule has 11 nitrogen and oxygen atoms in total. The van der Waals surface area contributed by atoms with Crippen LogP contribution in [-0.2, 0) is 6.18 Å². The first-order valence-corrected chi connectivity index (χ1v) is 12.5. The Morgan fingerprint density at radius 2 is 1.85 bits per heavy atom. The predicted octanol–water partition coefficient (Wildman–Crippen LogP) is 3.25. The van der Waals surface area contributed by atoms with Crippen molar-refractivity contribution in [2.75, 3.05) is 54.9 Å². The largest absolute Gasteiger partial charge is 0.416 e. The summed E-state index contributed by atoms with van der Waals surface area (Å²) < 4.78 is 39.1. The lowest BCUT2D eigenvalue weighted by Gasteiger charge is -2.34. The van der Waals surface area contributed by atoms with Crippen molar-refractivity contribution in [1.82, 2.24) is 29.8 Å². The second-order valence-electron chi connectivity index (χ2n) is 9.21. The number of aryl methyl sites for hydroxylation is 1. The Balaban J connectivity index is 1.37. The highest BCUT2D eigenvalue weighted by Crippen LogP contribution is 2.30. The monoisotopic (exact) mass is 553 g/mol. The molecule has 0 bridgehead atoms. The summed E-state index contributed by atoms with van der Waals surface area (Å²) >= 11 is 0. The van der Waals surface area contributed by atoms with Crippen molar-refractivity contribution in [3.63, 3.8) is 0 Å². The van der Waals surface area contributed by atoms with Crippen LogP contribution in [0, 0.1) is 6.92 Å². The lowest BCUT2D eigenvalue weighted by molar-refractivity contribution is -0.137. The molecular weight excluding hydrogens is 527 g/mol. The first-order valence-electron chi connectivity index (χ1n) is 12.5. The fourth-order valence-corrected chi connectivity index (χ4v) is 4.29. The van der Waals surface area contributed by atoms with Gasteiger partial charge in [0.05, 0.1) is 18.4 Å². The Hall–Kier alpha value is -4.43. The molecule has 4 aromatic rings. The Labute approximate surface area is 227 Å². The minimum absolute atomic E-state index is 0.114. The number of hydrogen-bond acceptors (Lipinski definition) is 10. The molecule has 0 aliphatic carbocycles. The molecule has 14 heteroatoms. The third-order valence-electron chi connectivity index (χ3n) is 6.52. The summed E-state index contributed by atoms with van der Waals surface area (Å²) in [5.74, 6) is 0.116. The first kappa shape index (κ1) is 27.1. The molecule has 0 radical (unpaired) electrons. The standard InChI is InChI=1S/C26H26F3N9O2/c1-16-2-3-17(24(40)35-21-13-18(4-5-30-21)26(27,28)29)12-19(16)34-23-22-20(32-15-33-23)14-31-25(36-22)38-8-6-37(7-9-38)10-11-39/h2-5,12-15,39H,6-11H2,1H3,(H,30,35,40)(H,32,33,34). The highest BCUT2D eigenvalue weighted by atomic mass is 19.4. The fourth-order valence-electron chi connectivity index (χ4n) is 4.29. The van der Waals surface area contributed by atoms with Crippen LogP contribution >= 0.6 is 0 Å². The molecule has 4 heterocycles. The number of aliphatic hydroxyl groups excluding tert-OH is 1. The maximum absolute atomic E-state index is 13.0. The Bertz CT molecular complexity index is 1530. The number of aromatic nitrogens is 5. The maximum Gasteiger partial charge on any atom is 0.416 e. The summed E-state index contributed by atoms with van der Waals surface area (Å²) in [6, 6.07) is 6.48. The van der Waals surface area contributed by atoms with Crippen LogP contribution in [0.5, 0.6) is 0 Å². The van der Waals surface area contributed by atoms with Crippen LogP contribution in [0.15, 0.2) is 49.1 Å². The van der Waals surface area contributed by atoms with E-state index in [1.54, 1.807) is 24.4 Å². The topological polar surface area (TPSA) is 132 Å². The number of carbonyl (C=O) groups is 1. The quantitative estimate of drug-likeness (QED) is 0.313. The van der Waals surface area contributed by atoms with E-state index in [1.165, 1.54) is 6.33 Å². The molecule has 208 valence electrons. The van der Waals surface area contributed by atoms with Gasteiger partial charge in [0.25, 0.3) is 5.91 Å². The van der Waals surface area contributed by atoms with Crippen molar-refractivity contribution in [3.8, 4) is 0 Å². The molecule has 0 unspecified atom stereocenters. The molecule has 0 spiro atoms. The predicted molar refractivity (Wildman–Crippen MR) is 143 cm³/mol. The summed E-state index contributed by atoms with van der Waals surface area (Å²) in [4.78, 5) is 38.7. The van der Waals surface area contributed by atoms with E-state index in [4.69, 9.17) is 4.98 Å². The summed E-state index contributed by atoms with van der Waals surface area (Å²) in [5, 5.41) is 14.8. The van der Waals surface area contributed by atoms with Crippen LogP contribution in [0.3, 0.4) is 0 Å². The van der Waals surface area contributed by atoms with E-state index in [1.807, 2.05) is 6.92 Å². The average molecular weight is 554 g/mol. The van der Waals surface area contributed by atoms with Gasteiger partial charge in [0.1, 0.15) is 23.2 Å². The molecule has 3 N–H and O–H groups in total. The van der Waals surface area contributed by atoms with Crippen LogP contribution in [-0.4, -0.2) is 80.2 Å². The number of nitrogens with zero attached hydrogens (tertiary/aromatic N) is 7. The van der Waals surface area contributed by atoms with E-state index in [9.17, 15) is 23.1 Å². The SMILES string of the molecule is Cc1ccc(C(=O)Nc2cc(C(F)(F)F)ccn2)cc1Nc1ncnc2cnc(N3CCN(CCO)CC3)nc12. The number of hydrogen-bond donors (Lipinski definition) is 3. The Morgan fingerprint density at radius 3 is 2.60 bits per heavy atom. The number of nitrogens with one attached hydrogen (secondary N) is 2. The lowest BCUT2D eigenvalue weighted by Crippen LogP contribution is -2.47. The van der Waals surface area contributed by atoms with Crippen molar-refractivity contribution in [2.45, 2.75) is 13.1 Å². The van der Waals surface area contributed by atoms with Crippen molar-refractivity contribution >= 4 is 40.2 Å². The number of benzene rings is 1. The van der Waals surface area contributed by atoms with E-state index in [-0.39, 0.29) is 18.0 Å². The van der Waals surface area contributed by atoms with Gasteiger partial charge in [-0.15, -0.1) is 0 Å². The smallest absolute Gasteiger partial charge is 0.395 e. The molecule has 0 atom stereocenters. The van der Waals surface area contributed by atoms with Gasteiger partial charge in [-0.25, -0.2) is 24.9 Å². The third-order valence-corrected chi connectivity index (χ3v) is 6.52. The molecule has 0 saturated carbocycles. The zero-order valence-electron chi connectivity index (χ0n) is 21.5. The number of rotatable bonds is 7. The average Bonchev–Trinajstić information content (AvgIpc) is 2.94. The first-order chi connectivity index (χ1) is 19.2. The van der Waals surface area contributed by atoms with Crippen LogP contribution in [0.2, 0.25) is 0 Å². The van der Waals surface area contributed by atoms with Crippen LogP contribution < -0.4 is 15.5 Å². The molecular formula is C26H26F3N9O2. The molecule has 3 aromatic heterocycles. The molecule has 1 saturated heterocycles. The zero-order valence-corrected chi connectivity index (χ0v) is 21.5. The number of β-amino-alcohol motifs (C(OH)–C–C–N with tert-alkyl or cyclic N) is 1.